The largest absolute Gasteiger partial charge is 0.450 e. The summed E-state index contributed by atoms with van der Waals surface area (Å²) < 4.78 is 32.9. The number of nitrogens with zero attached hydrogens (tertiary/aromatic N) is 3. The Hall–Kier alpha value is -2.91. The summed E-state index contributed by atoms with van der Waals surface area (Å²) in [5.41, 5.74) is 1.87. The molecule has 1 heterocycles. The molecule has 172 valence electrons. The predicted octanol–water partition coefficient (Wildman–Crippen LogP) is 2.49. The average Bonchev–Trinajstić information content (AvgIpc) is 2.80. The zero-order valence-electron chi connectivity index (χ0n) is 18.4. The van der Waals surface area contributed by atoms with Crippen LogP contribution in [0, 0.1) is 6.92 Å². The minimum Gasteiger partial charge on any atom is -0.450 e. The molecule has 0 bridgehead atoms. The van der Waals surface area contributed by atoms with Crippen LogP contribution in [0.3, 0.4) is 0 Å². The summed E-state index contributed by atoms with van der Waals surface area (Å²) in [4.78, 5) is 28.2. The van der Waals surface area contributed by atoms with E-state index in [0.717, 1.165) is 11.1 Å². The molecule has 0 N–H and O–H groups in total. The molecule has 8 nitrogen and oxygen atoms in total. The number of aryl methyl sites for hydroxylation is 1. The summed E-state index contributed by atoms with van der Waals surface area (Å²) in [5.74, 6) is -0.292. The van der Waals surface area contributed by atoms with Crippen LogP contribution in [0.1, 0.15) is 18.1 Å². The fraction of sp³-hybridized carbons (Fsp3) is 0.391. The number of carbonyl (C=O) groups excluding carboxylic acids is 2. The molecule has 1 fully saturated rings. The number of ether oxygens (including phenoxy) is 1. The van der Waals surface area contributed by atoms with Crippen LogP contribution in [0.15, 0.2) is 59.5 Å². The quantitative estimate of drug-likeness (QED) is 0.635. The average molecular weight is 460 g/mol. The van der Waals surface area contributed by atoms with Crippen molar-refractivity contribution in [3.63, 3.8) is 0 Å². The molecule has 2 aromatic rings. The van der Waals surface area contributed by atoms with Crippen LogP contribution >= 0.6 is 0 Å². The predicted molar refractivity (Wildman–Crippen MR) is 120 cm³/mol. The van der Waals surface area contributed by atoms with E-state index in [4.69, 9.17) is 4.74 Å². The molecule has 1 aliphatic rings. The van der Waals surface area contributed by atoms with Crippen LogP contribution in [0.2, 0.25) is 0 Å². The van der Waals surface area contributed by atoms with Crippen molar-refractivity contribution < 1.29 is 22.7 Å². The lowest BCUT2D eigenvalue weighted by molar-refractivity contribution is -0.133. The molecule has 32 heavy (non-hydrogen) atoms. The molecule has 0 saturated carbocycles. The van der Waals surface area contributed by atoms with Crippen LogP contribution in [0.5, 0.6) is 0 Å². The topological polar surface area (TPSA) is 87.2 Å². The van der Waals surface area contributed by atoms with Gasteiger partial charge in [0.05, 0.1) is 18.0 Å². The normalized spacial score (nSPS) is 14.5. The van der Waals surface area contributed by atoms with Crippen molar-refractivity contribution in [3.05, 3.63) is 65.7 Å². The Morgan fingerprint density at radius 2 is 1.53 bits per heavy atom. The standard InChI is InChI=1S/C23H29N3O5S/c1-3-31-23(28)25-15-13-24(14-16-25)22(27)18-26(17-20-11-9-19(2)10-12-20)32(29,30)21-7-5-4-6-8-21/h4-12H,3,13-18H2,1-2H3. The van der Waals surface area contributed by atoms with Crippen LogP contribution in [0.4, 0.5) is 4.79 Å². The van der Waals surface area contributed by atoms with Crippen molar-refractivity contribution in [2.75, 3.05) is 39.3 Å². The fourth-order valence-corrected chi connectivity index (χ4v) is 4.87. The van der Waals surface area contributed by atoms with Gasteiger partial charge in [-0.05, 0) is 31.5 Å². The molecule has 0 spiro atoms. The smallest absolute Gasteiger partial charge is 0.409 e. The highest BCUT2D eigenvalue weighted by Crippen LogP contribution is 2.19. The lowest BCUT2D eigenvalue weighted by Crippen LogP contribution is -2.53. The number of carbonyl (C=O) groups is 2. The summed E-state index contributed by atoms with van der Waals surface area (Å²) >= 11 is 0. The summed E-state index contributed by atoms with van der Waals surface area (Å²) in [5, 5.41) is 0. The first kappa shape index (κ1) is 23.7. The SMILES string of the molecule is CCOC(=O)N1CCN(C(=O)CN(Cc2ccc(C)cc2)S(=O)(=O)c2ccccc2)CC1. The van der Waals surface area contributed by atoms with E-state index in [2.05, 4.69) is 0 Å². The number of amides is 2. The van der Waals surface area contributed by atoms with Gasteiger partial charge in [-0.2, -0.15) is 4.31 Å². The molecule has 0 unspecified atom stereocenters. The summed E-state index contributed by atoms with van der Waals surface area (Å²) in [6, 6.07) is 15.7. The molecular formula is C23H29N3O5S. The third-order valence-electron chi connectivity index (χ3n) is 5.33. The van der Waals surface area contributed by atoms with E-state index in [-0.39, 0.29) is 23.9 Å². The van der Waals surface area contributed by atoms with E-state index in [1.807, 2.05) is 31.2 Å². The van der Waals surface area contributed by atoms with E-state index in [1.165, 1.54) is 16.4 Å². The lowest BCUT2D eigenvalue weighted by Gasteiger charge is -2.35. The van der Waals surface area contributed by atoms with E-state index in [1.54, 1.807) is 34.9 Å². The van der Waals surface area contributed by atoms with Crippen LogP contribution in [0.25, 0.3) is 0 Å². The number of hydrogen-bond donors (Lipinski definition) is 0. The molecular weight excluding hydrogens is 430 g/mol. The van der Waals surface area contributed by atoms with Gasteiger partial charge in [-0.3, -0.25) is 4.79 Å². The third kappa shape index (κ3) is 5.86. The summed E-state index contributed by atoms with van der Waals surface area (Å²) in [7, 11) is -3.87. The molecule has 0 atom stereocenters. The van der Waals surface area contributed by atoms with Gasteiger partial charge in [0.25, 0.3) is 0 Å². The molecule has 1 saturated heterocycles. The molecule has 0 aromatic heterocycles. The van der Waals surface area contributed by atoms with Gasteiger partial charge in [-0.1, -0.05) is 48.0 Å². The monoisotopic (exact) mass is 459 g/mol. The van der Waals surface area contributed by atoms with E-state index in [9.17, 15) is 18.0 Å². The van der Waals surface area contributed by atoms with Crippen molar-refractivity contribution in [1.82, 2.24) is 14.1 Å². The number of sulfonamides is 1. The summed E-state index contributed by atoms with van der Waals surface area (Å²) in [6.45, 7) is 5.19. The van der Waals surface area contributed by atoms with Crippen LogP contribution in [-0.4, -0.2) is 73.9 Å². The lowest BCUT2D eigenvalue weighted by atomic mass is 10.1. The highest BCUT2D eigenvalue weighted by Gasteiger charge is 2.30. The maximum absolute atomic E-state index is 13.3. The van der Waals surface area contributed by atoms with Gasteiger partial charge in [0.15, 0.2) is 0 Å². The number of benzene rings is 2. The molecule has 1 aliphatic heterocycles. The Bertz CT molecular complexity index is 1020. The number of piperazine rings is 1. The minimum atomic E-state index is -3.87. The van der Waals surface area contributed by atoms with E-state index < -0.39 is 16.1 Å². The Morgan fingerprint density at radius 3 is 2.12 bits per heavy atom. The van der Waals surface area contributed by atoms with Gasteiger partial charge in [-0.15, -0.1) is 0 Å². The van der Waals surface area contributed by atoms with Gasteiger partial charge in [0.2, 0.25) is 15.9 Å². The Balaban J connectivity index is 1.74. The van der Waals surface area contributed by atoms with Gasteiger partial charge in [0, 0.05) is 32.7 Å². The van der Waals surface area contributed by atoms with Gasteiger partial charge in [-0.25, -0.2) is 13.2 Å². The third-order valence-corrected chi connectivity index (χ3v) is 7.14. The minimum absolute atomic E-state index is 0.0893. The van der Waals surface area contributed by atoms with Crippen LogP contribution < -0.4 is 0 Å². The molecule has 9 heteroatoms. The second-order valence-corrected chi connectivity index (χ2v) is 9.58. The number of rotatable bonds is 7. The molecule has 0 aliphatic carbocycles. The first-order chi connectivity index (χ1) is 15.3. The fourth-order valence-electron chi connectivity index (χ4n) is 3.47. The highest BCUT2D eigenvalue weighted by molar-refractivity contribution is 7.89. The Morgan fingerprint density at radius 1 is 0.938 bits per heavy atom. The first-order valence-corrected chi connectivity index (χ1v) is 12.1. The van der Waals surface area contributed by atoms with Crippen molar-refractivity contribution >= 4 is 22.0 Å². The summed E-state index contributed by atoms with van der Waals surface area (Å²) in [6.07, 6.45) is -0.396. The number of hydrogen-bond acceptors (Lipinski definition) is 5. The first-order valence-electron chi connectivity index (χ1n) is 10.6. The molecule has 3 rings (SSSR count). The van der Waals surface area contributed by atoms with Gasteiger partial charge < -0.3 is 14.5 Å². The van der Waals surface area contributed by atoms with Crippen LogP contribution in [-0.2, 0) is 26.1 Å². The van der Waals surface area contributed by atoms with Crippen molar-refractivity contribution in [1.29, 1.82) is 0 Å². The molecule has 2 amide bonds. The maximum Gasteiger partial charge on any atom is 0.409 e. The van der Waals surface area contributed by atoms with Crippen molar-refractivity contribution in [3.8, 4) is 0 Å². The van der Waals surface area contributed by atoms with E-state index in [0.29, 0.717) is 32.8 Å². The zero-order valence-corrected chi connectivity index (χ0v) is 19.3. The van der Waals surface area contributed by atoms with Gasteiger partial charge >= 0.3 is 6.09 Å². The van der Waals surface area contributed by atoms with Crippen molar-refractivity contribution in [2.24, 2.45) is 0 Å². The zero-order chi connectivity index (χ0) is 23.1. The Kier molecular flexibility index (Phi) is 7.87. The van der Waals surface area contributed by atoms with E-state index >= 15 is 0 Å². The second-order valence-electron chi connectivity index (χ2n) is 7.64. The molecule has 0 radical (unpaired) electrons. The highest BCUT2D eigenvalue weighted by atomic mass is 32.2. The second kappa shape index (κ2) is 10.6. The Labute approximate surface area is 189 Å². The molecule has 2 aromatic carbocycles. The maximum atomic E-state index is 13.3. The van der Waals surface area contributed by atoms with Gasteiger partial charge in [0.1, 0.15) is 0 Å². The van der Waals surface area contributed by atoms with Crippen molar-refractivity contribution in [2.45, 2.75) is 25.3 Å².